The van der Waals surface area contributed by atoms with E-state index in [2.05, 4.69) is 17.4 Å². The van der Waals surface area contributed by atoms with Crippen molar-refractivity contribution in [2.24, 2.45) is 5.92 Å². The molecule has 24 heavy (non-hydrogen) atoms. The topological polar surface area (TPSA) is 58.6 Å². The van der Waals surface area contributed by atoms with Crippen molar-refractivity contribution < 1.29 is 14.3 Å². The molecule has 1 unspecified atom stereocenters. The average molecular weight is 350 g/mol. The molecule has 2 amide bonds. The van der Waals surface area contributed by atoms with Gasteiger partial charge in [0.15, 0.2) is 0 Å². The largest absolute Gasteiger partial charge is 0.450 e. The summed E-state index contributed by atoms with van der Waals surface area (Å²) in [5.74, 6) is 0.905. The smallest absolute Gasteiger partial charge is 0.409 e. The van der Waals surface area contributed by atoms with Crippen LogP contribution in [-0.2, 0) is 9.53 Å². The van der Waals surface area contributed by atoms with E-state index in [0.29, 0.717) is 26.2 Å². The lowest BCUT2D eigenvalue weighted by atomic mass is 9.97. The summed E-state index contributed by atoms with van der Waals surface area (Å²) < 4.78 is 5.02. The molecule has 1 aromatic carbocycles. The Balaban J connectivity index is 1.64. The van der Waals surface area contributed by atoms with E-state index in [4.69, 9.17) is 4.74 Å². The van der Waals surface area contributed by atoms with Gasteiger partial charge in [0.05, 0.1) is 12.5 Å². The highest BCUT2D eigenvalue weighted by Gasteiger charge is 2.28. The van der Waals surface area contributed by atoms with Gasteiger partial charge in [-0.2, -0.15) is 0 Å². The zero-order valence-corrected chi connectivity index (χ0v) is 15.0. The van der Waals surface area contributed by atoms with Gasteiger partial charge in [-0.05, 0) is 44.1 Å². The fraction of sp³-hybridized carbons (Fsp3) is 0.556. The number of benzene rings is 1. The summed E-state index contributed by atoms with van der Waals surface area (Å²) in [6, 6.07) is 10.3. The molecule has 1 atom stereocenters. The zero-order chi connectivity index (χ0) is 17.2. The number of carbonyl (C=O) groups is 2. The maximum Gasteiger partial charge on any atom is 0.409 e. The minimum atomic E-state index is -0.311. The molecule has 6 heteroatoms. The third-order valence-electron chi connectivity index (χ3n) is 3.95. The third kappa shape index (κ3) is 6.07. The quantitative estimate of drug-likeness (QED) is 0.606. The molecule has 0 aromatic heterocycles. The van der Waals surface area contributed by atoms with Gasteiger partial charge in [0.1, 0.15) is 0 Å². The maximum absolute atomic E-state index is 12.3. The molecule has 1 saturated heterocycles. The van der Waals surface area contributed by atoms with E-state index >= 15 is 0 Å². The number of nitrogens with zero attached hydrogens (tertiary/aromatic N) is 1. The van der Waals surface area contributed by atoms with Crippen molar-refractivity contribution >= 4 is 23.8 Å². The van der Waals surface area contributed by atoms with E-state index in [1.54, 1.807) is 23.6 Å². The van der Waals surface area contributed by atoms with Crippen LogP contribution in [0.25, 0.3) is 0 Å². The predicted octanol–water partition coefficient (Wildman–Crippen LogP) is 3.15. The molecule has 0 spiro atoms. The molecule has 1 fully saturated rings. The molecule has 1 aliphatic rings. The number of piperidine rings is 1. The summed E-state index contributed by atoms with van der Waals surface area (Å²) in [5.41, 5.74) is 0. The van der Waals surface area contributed by atoms with Gasteiger partial charge in [-0.3, -0.25) is 4.79 Å². The van der Waals surface area contributed by atoms with Crippen LogP contribution in [0.1, 0.15) is 26.2 Å². The first-order valence-corrected chi connectivity index (χ1v) is 9.56. The van der Waals surface area contributed by atoms with Crippen LogP contribution in [0, 0.1) is 5.92 Å². The second kappa shape index (κ2) is 10.2. The lowest BCUT2D eigenvalue weighted by molar-refractivity contribution is -0.126. The molecular formula is C18H26N2O3S. The highest BCUT2D eigenvalue weighted by Crippen LogP contribution is 2.19. The van der Waals surface area contributed by atoms with Crippen molar-refractivity contribution in [3.63, 3.8) is 0 Å². The molecule has 0 bridgehead atoms. The number of hydrogen-bond donors (Lipinski definition) is 1. The van der Waals surface area contributed by atoms with E-state index in [1.807, 2.05) is 18.2 Å². The summed E-state index contributed by atoms with van der Waals surface area (Å²) in [7, 11) is 0. The van der Waals surface area contributed by atoms with Crippen LogP contribution in [0.15, 0.2) is 35.2 Å². The van der Waals surface area contributed by atoms with Crippen LogP contribution in [0.5, 0.6) is 0 Å². The Morgan fingerprint density at radius 1 is 1.33 bits per heavy atom. The first kappa shape index (κ1) is 18.6. The van der Waals surface area contributed by atoms with Crippen LogP contribution in [-0.4, -0.2) is 48.9 Å². The summed E-state index contributed by atoms with van der Waals surface area (Å²) >= 11 is 1.80. The summed E-state index contributed by atoms with van der Waals surface area (Å²) in [4.78, 5) is 26.9. The van der Waals surface area contributed by atoms with Crippen molar-refractivity contribution in [3.05, 3.63) is 30.3 Å². The normalized spacial score (nSPS) is 17.4. The number of likely N-dealkylation sites (tertiary alicyclic amines) is 1. The Morgan fingerprint density at radius 3 is 2.88 bits per heavy atom. The van der Waals surface area contributed by atoms with Crippen molar-refractivity contribution in [1.82, 2.24) is 10.2 Å². The molecule has 1 aliphatic heterocycles. The van der Waals surface area contributed by atoms with Crippen LogP contribution >= 0.6 is 11.8 Å². The van der Waals surface area contributed by atoms with E-state index in [9.17, 15) is 9.59 Å². The second-order valence-electron chi connectivity index (χ2n) is 5.79. The fourth-order valence-corrected chi connectivity index (χ4v) is 3.58. The SMILES string of the molecule is CCOC(=O)N1CCCC(C(=O)NCCCSc2ccccc2)C1. The predicted molar refractivity (Wildman–Crippen MR) is 96.1 cm³/mol. The molecule has 0 aliphatic carbocycles. The highest BCUT2D eigenvalue weighted by molar-refractivity contribution is 7.99. The molecule has 2 rings (SSSR count). The molecule has 5 nitrogen and oxygen atoms in total. The number of thioether (sulfide) groups is 1. The number of amides is 2. The van der Waals surface area contributed by atoms with Crippen molar-refractivity contribution in [2.75, 3.05) is 32.0 Å². The first-order chi connectivity index (χ1) is 11.7. The number of ether oxygens (including phenoxy) is 1. The van der Waals surface area contributed by atoms with Crippen molar-refractivity contribution in [3.8, 4) is 0 Å². The van der Waals surface area contributed by atoms with Crippen LogP contribution in [0.4, 0.5) is 4.79 Å². The lowest BCUT2D eigenvalue weighted by Crippen LogP contribution is -2.45. The van der Waals surface area contributed by atoms with Crippen LogP contribution in [0.3, 0.4) is 0 Å². The molecule has 0 radical (unpaired) electrons. The maximum atomic E-state index is 12.3. The zero-order valence-electron chi connectivity index (χ0n) is 14.2. The van der Waals surface area contributed by atoms with Crippen LogP contribution < -0.4 is 5.32 Å². The Bertz CT molecular complexity index is 524. The van der Waals surface area contributed by atoms with Gasteiger partial charge in [-0.1, -0.05) is 18.2 Å². The Hall–Kier alpha value is -1.69. The van der Waals surface area contributed by atoms with Crippen LogP contribution in [0.2, 0.25) is 0 Å². The second-order valence-corrected chi connectivity index (χ2v) is 6.96. The van der Waals surface area contributed by atoms with Gasteiger partial charge < -0.3 is 15.0 Å². The monoisotopic (exact) mass is 350 g/mol. The van der Waals surface area contributed by atoms with Gasteiger partial charge in [0.25, 0.3) is 0 Å². The molecule has 1 heterocycles. The number of carbonyl (C=O) groups excluding carboxylic acids is 2. The van der Waals surface area contributed by atoms with Gasteiger partial charge in [-0.25, -0.2) is 4.79 Å². The van der Waals surface area contributed by atoms with Crippen molar-refractivity contribution in [1.29, 1.82) is 0 Å². The van der Waals surface area contributed by atoms with E-state index in [0.717, 1.165) is 25.0 Å². The molecule has 1 aromatic rings. The van der Waals surface area contributed by atoms with E-state index in [1.165, 1.54) is 4.90 Å². The van der Waals surface area contributed by atoms with Gasteiger partial charge >= 0.3 is 6.09 Å². The molecule has 132 valence electrons. The Labute approximate surface area is 148 Å². The van der Waals surface area contributed by atoms with Gasteiger partial charge in [-0.15, -0.1) is 11.8 Å². The van der Waals surface area contributed by atoms with Gasteiger partial charge in [0.2, 0.25) is 5.91 Å². The summed E-state index contributed by atoms with van der Waals surface area (Å²) in [5, 5.41) is 3.00. The fourth-order valence-electron chi connectivity index (χ4n) is 2.71. The summed E-state index contributed by atoms with van der Waals surface area (Å²) in [6.07, 6.45) is 2.30. The van der Waals surface area contributed by atoms with E-state index in [-0.39, 0.29) is 17.9 Å². The number of rotatable bonds is 7. The number of hydrogen-bond acceptors (Lipinski definition) is 4. The summed E-state index contributed by atoms with van der Waals surface area (Å²) in [6.45, 7) is 3.97. The Kier molecular flexibility index (Phi) is 7.95. The minimum Gasteiger partial charge on any atom is -0.450 e. The third-order valence-corrected chi connectivity index (χ3v) is 5.05. The van der Waals surface area contributed by atoms with Gasteiger partial charge in [0, 0.05) is 24.5 Å². The lowest BCUT2D eigenvalue weighted by Gasteiger charge is -2.31. The molecule has 0 saturated carbocycles. The average Bonchev–Trinajstić information content (AvgIpc) is 2.62. The minimum absolute atomic E-state index is 0.0497. The molecular weight excluding hydrogens is 324 g/mol. The Morgan fingerprint density at radius 2 is 2.12 bits per heavy atom. The standard InChI is InChI=1S/C18H26N2O3S/c1-2-23-18(22)20-12-6-8-15(14-20)17(21)19-11-7-13-24-16-9-4-3-5-10-16/h3-5,9-10,15H,2,6-8,11-14H2,1H3,(H,19,21). The number of nitrogens with one attached hydrogen (secondary N) is 1. The highest BCUT2D eigenvalue weighted by atomic mass is 32.2. The molecule has 1 N–H and O–H groups in total. The van der Waals surface area contributed by atoms with E-state index < -0.39 is 0 Å². The first-order valence-electron chi connectivity index (χ1n) is 8.58. The van der Waals surface area contributed by atoms with Crippen molar-refractivity contribution in [2.45, 2.75) is 31.1 Å².